The topological polar surface area (TPSA) is 91.8 Å². The van der Waals surface area contributed by atoms with E-state index in [4.69, 9.17) is 0 Å². The Bertz CT molecular complexity index is 1270. The van der Waals surface area contributed by atoms with E-state index < -0.39 is 17.8 Å². The maximum atomic E-state index is 13.8. The lowest BCUT2D eigenvalue weighted by atomic mass is 9.59. The number of para-hydroxylation sites is 1. The summed E-state index contributed by atoms with van der Waals surface area (Å²) in [5.41, 5.74) is 2.17. The molecule has 0 aromatic heterocycles. The molecule has 2 fully saturated rings. The fraction of sp³-hybridized carbons (Fsp3) is 0.429. The number of likely N-dealkylation sites (tertiary alicyclic amines) is 1. The molecule has 0 radical (unpaired) electrons. The summed E-state index contributed by atoms with van der Waals surface area (Å²) in [6, 6.07) is 6.80. The van der Waals surface area contributed by atoms with Crippen molar-refractivity contribution in [3.8, 4) is 5.75 Å². The molecule has 4 atom stereocenters. The van der Waals surface area contributed by atoms with Gasteiger partial charge in [0.25, 0.3) is 0 Å². The van der Waals surface area contributed by atoms with Gasteiger partial charge in [0.2, 0.25) is 11.8 Å². The second kappa shape index (κ2) is 8.40. The number of hydrogen-bond acceptors (Lipinski definition) is 5. The number of carbonyl (C=O) groups is 4. The molecule has 1 aromatic rings. The molecule has 0 spiro atoms. The van der Waals surface area contributed by atoms with Crippen LogP contribution in [0.3, 0.4) is 0 Å². The van der Waals surface area contributed by atoms with E-state index in [1.807, 2.05) is 6.08 Å². The molecule has 6 rings (SSSR count). The molecule has 1 N–H and O–H groups in total. The zero-order valence-corrected chi connectivity index (χ0v) is 20.8. The van der Waals surface area contributed by atoms with Gasteiger partial charge >= 0.3 is 0 Å². The number of phenolic OH excluding ortho intramolecular Hbond substituents is 1. The van der Waals surface area contributed by atoms with Crippen molar-refractivity contribution in [2.75, 3.05) is 0 Å². The van der Waals surface area contributed by atoms with Crippen LogP contribution in [-0.2, 0) is 19.2 Å². The molecule has 7 heteroatoms. The Morgan fingerprint density at radius 1 is 0.943 bits per heavy atom. The second-order valence-electron chi connectivity index (χ2n) is 10.3. The molecule has 1 heterocycles. The fourth-order valence-electron chi connectivity index (χ4n) is 7.02. The number of ketones is 2. The van der Waals surface area contributed by atoms with E-state index in [0.717, 1.165) is 37.7 Å². The van der Waals surface area contributed by atoms with Gasteiger partial charge in [0, 0.05) is 34.7 Å². The van der Waals surface area contributed by atoms with Gasteiger partial charge in [-0.15, -0.1) is 0 Å². The molecular formula is C28H26BrNO5. The fourth-order valence-corrected chi connectivity index (χ4v) is 7.46. The predicted octanol–water partition coefficient (Wildman–Crippen LogP) is 4.49. The molecule has 1 saturated heterocycles. The Morgan fingerprint density at radius 2 is 1.69 bits per heavy atom. The van der Waals surface area contributed by atoms with E-state index in [2.05, 4.69) is 15.9 Å². The molecule has 0 unspecified atom stereocenters. The third kappa shape index (κ3) is 3.34. The number of allylic oxidation sites excluding steroid dienone is 6. The molecule has 4 aliphatic carbocycles. The number of rotatable bonds is 2. The van der Waals surface area contributed by atoms with E-state index in [9.17, 15) is 24.3 Å². The number of halogens is 1. The minimum Gasteiger partial charge on any atom is -0.508 e. The summed E-state index contributed by atoms with van der Waals surface area (Å²) in [5, 5.41) is 10.7. The van der Waals surface area contributed by atoms with Crippen molar-refractivity contribution in [1.29, 1.82) is 0 Å². The van der Waals surface area contributed by atoms with Crippen LogP contribution < -0.4 is 0 Å². The van der Waals surface area contributed by atoms with Crippen LogP contribution in [-0.4, -0.2) is 39.4 Å². The van der Waals surface area contributed by atoms with Crippen LogP contribution in [0.2, 0.25) is 0 Å². The Morgan fingerprint density at radius 3 is 2.43 bits per heavy atom. The van der Waals surface area contributed by atoms with Crippen molar-refractivity contribution in [1.82, 2.24) is 4.90 Å². The number of phenols is 1. The van der Waals surface area contributed by atoms with Crippen LogP contribution in [0.25, 0.3) is 0 Å². The smallest absolute Gasteiger partial charge is 0.233 e. The summed E-state index contributed by atoms with van der Waals surface area (Å²) in [6.07, 6.45) is 8.84. The molecule has 1 aromatic carbocycles. The number of aromatic hydroxyl groups is 1. The summed E-state index contributed by atoms with van der Waals surface area (Å²) < 4.78 is 0.203. The van der Waals surface area contributed by atoms with Gasteiger partial charge in [-0.05, 0) is 53.6 Å². The number of amides is 2. The normalized spacial score (nSPS) is 31.2. The van der Waals surface area contributed by atoms with E-state index >= 15 is 0 Å². The molecular weight excluding hydrogens is 510 g/mol. The first-order valence-corrected chi connectivity index (χ1v) is 13.2. The highest BCUT2D eigenvalue weighted by atomic mass is 79.9. The number of imide groups is 1. The minimum absolute atomic E-state index is 0.0412. The maximum Gasteiger partial charge on any atom is 0.233 e. The van der Waals surface area contributed by atoms with Crippen LogP contribution in [0.15, 0.2) is 57.6 Å². The first-order valence-electron chi connectivity index (χ1n) is 12.4. The van der Waals surface area contributed by atoms with E-state index in [0.29, 0.717) is 23.1 Å². The van der Waals surface area contributed by atoms with Crippen molar-refractivity contribution in [2.45, 2.75) is 56.9 Å². The number of carbonyl (C=O) groups excluding carboxylic acids is 4. The van der Waals surface area contributed by atoms with Gasteiger partial charge in [-0.2, -0.15) is 0 Å². The summed E-state index contributed by atoms with van der Waals surface area (Å²) >= 11 is 3.24. The first kappa shape index (κ1) is 22.7. The van der Waals surface area contributed by atoms with Gasteiger partial charge < -0.3 is 5.11 Å². The molecule has 5 aliphatic rings. The zero-order valence-electron chi connectivity index (χ0n) is 19.2. The Balaban J connectivity index is 1.47. The van der Waals surface area contributed by atoms with Crippen molar-refractivity contribution in [3.63, 3.8) is 0 Å². The monoisotopic (exact) mass is 535 g/mol. The predicted molar refractivity (Wildman–Crippen MR) is 131 cm³/mol. The van der Waals surface area contributed by atoms with Crippen molar-refractivity contribution in [3.05, 3.63) is 63.2 Å². The Hall–Kier alpha value is -2.80. The number of nitrogens with zero attached hydrogens (tertiary/aromatic N) is 1. The lowest BCUT2D eigenvalue weighted by Gasteiger charge is -2.42. The summed E-state index contributed by atoms with van der Waals surface area (Å²) in [7, 11) is 0. The third-order valence-corrected chi connectivity index (χ3v) is 9.14. The lowest BCUT2D eigenvalue weighted by Crippen LogP contribution is -2.43. The highest BCUT2D eigenvalue weighted by molar-refractivity contribution is 9.12. The zero-order chi connectivity index (χ0) is 24.4. The molecule has 2 amide bonds. The van der Waals surface area contributed by atoms with E-state index in [1.165, 1.54) is 11.0 Å². The SMILES string of the molecule is O=C1C=C(Br)C(=O)C2=C1[C@@H](c1ccccc1O)C1=CC[C@@H]3C(=O)N(C4CCCCC4)C(=O)[C@@H]3[C@@H]1C2. The van der Waals surface area contributed by atoms with Crippen LogP contribution in [0.4, 0.5) is 0 Å². The van der Waals surface area contributed by atoms with Crippen molar-refractivity contribution >= 4 is 39.3 Å². The minimum atomic E-state index is -0.620. The summed E-state index contributed by atoms with van der Waals surface area (Å²) in [4.78, 5) is 55.3. The van der Waals surface area contributed by atoms with Gasteiger partial charge in [-0.1, -0.05) is 49.1 Å². The highest BCUT2D eigenvalue weighted by Crippen LogP contribution is 2.56. The average molecular weight is 536 g/mol. The summed E-state index contributed by atoms with van der Waals surface area (Å²) in [5.74, 6) is -2.67. The van der Waals surface area contributed by atoms with Gasteiger partial charge in [0.1, 0.15) is 5.75 Å². The highest BCUT2D eigenvalue weighted by Gasteiger charge is 2.57. The number of Topliss-reactive ketones (excluding diaryl/α,β-unsaturated/α-hetero) is 1. The van der Waals surface area contributed by atoms with Crippen LogP contribution in [0.1, 0.15) is 56.4 Å². The lowest BCUT2D eigenvalue weighted by molar-refractivity contribution is -0.143. The number of benzene rings is 1. The van der Waals surface area contributed by atoms with Gasteiger partial charge in [0.05, 0.1) is 16.3 Å². The van der Waals surface area contributed by atoms with E-state index in [-0.39, 0.29) is 52.0 Å². The van der Waals surface area contributed by atoms with Crippen molar-refractivity contribution in [2.24, 2.45) is 17.8 Å². The largest absolute Gasteiger partial charge is 0.508 e. The molecule has 35 heavy (non-hydrogen) atoms. The van der Waals surface area contributed by atoms with Gasteiger partial charge in [-0.3, -0.25) is 24.1 Å². The van der Waals surface area contributed by atoms with Gasteiger partial charge in [-0.25, -0.2) is 0 Å². The Kier molecular flexibility index (Phi) is 5.44. The maximum absolute atomic E-state index is 13.8. The second-order valence-corrected chi connectivity index (χ2v) is 11.1. The van der Waals surface area contributed by atoms with Crippen LogP contribution in [0.5, 0.6) is 5.75 Å². The van der Waals surface area contributed by atoms with Gasteiger partial charge in [0.15, 0.2) is 11.6 Å². The number of fused-ring (bicyclic) bond motifs is 3. The molecule has 1 saturated carbocycles. The van der Waals surface area contributed by atoms with E-state index in [1.54, 1.807) is 24.3 Å². The Labute approximate surface area is 211 Å². The average Bonchev–Trinajstić information content (AvgIpc) is 3.12. The molecule has 0 bridgehead atoms. The van der Waals surface area contributed by atoms with Crippen molar-refractivity contribution < 1.29 is 24.3 Å². The number of hydrogen-bond donors (Lipinski definition) is 1. The molecule has 1 aliphatic heterocycles. The summed E-state index contributed by atoms with van der Waals surface area (Å²) in [6.45, 7) is 0. The van der Waals surface area contributed by atoms with Crippen LogP contribution in [0, 0.1) is 17.8 Å². The quantitative estimate of drug-likeness (QED) is 0.342. The first-order chi connectivity index (χ1) is 16.9. The standard InChI is InChI=1S/C28H26BrNO5/c29-20-13-22(32)25-19(26(20)33)12-18-15(23(25)16-8-4-5-9-21(16)31)10-11-17-24(18)28(35)30(27(17)34)14-6-2-1-3-7-14/h4-5,8-10,13-14,17-18,23-24,31H,1-3,6-7,11-12H2/t17-,18+,23+,24-/m0/s1. The van der Waals surface area contributed by atoms with Crippen LogP contribution >= 0.6 is 15.9 Å². The molecule has 6 nitrogen and oxygen atoms in total. The molecule has 180 valence electrons. The third-order valence-electron chi connectivity index (χ3n) is 8.55.